The molecular weight excluding hydrogens is 232 g/mol. The van der Waals surface area contributed by atoms with E-state index >= 15 is 0 Å². The molecule has 4 N–H and O–H groups in total. The van der Waals surface area contributed by atoms with Gasteiger partial charge in [-0.2, -0.15) is 5.21 Å². The van der Waals surface area contributed by atoms with Gasteiger partial charge in [0.2, 0.25) is 0 Å². The minimum atomic E-state index is -1.06. The van der Waals surface area contributed by atoms with Crippen LogP contribution in [0.15, 0.2) is 18.2 Å². The maximum absolute atomic E-state index is 12.9. The topological polar surface area (TPSA) is 96.7 Å². The molecule has 0 aliphatic rings. The van der Waals surface area contributed by atoms with Crippen LogP contribution >= 0.6 is 0 Å². The van der Waals surface area contributed by atoms with Crippen molar-refractivity contribution in [3.63, 3.8) is 0 Å². The molecule has 0 saturated heterocycles. The number of anilines is 2. The summed E-state index contributed by atoms with van der Waals surface area (Å²) < 4.78 is 25.5. The maximum Gasteiger partial charge on any atom is 0.280 e. The lowest BCUT2D eigenvalue weighted by Gasteiger charge is -2.03. The number of aromatic nitrogens is 3. The zero-order chi connectivity index (χ0) is 12.4. The molecule has 6 nitrogen and oxygen atoms in total. The number of carbonyl (C=O) groups excluding carboxylic acids is 1. The fourth-order valence-electron chi connectivity index (χ4n) is 1.17. The second-order valence-corrected chi connectivity index (χ2v) is 3.14. The number of nitrogens with one attached hydrogen (secondary N) is 2. The molecule has 2 aromatic rings. The number of hydrogen-bond acceptors (Lipinski definition) is 4. The highest BCUT2D eigenvalue weighted by Gasteiger charge is 2.14. The average molecular weight is 239 g/mol. The number of nitrogens with zero attached hydrogens (tertiary/aromatic N) is 2. The number of nitrogen functional groups attached to an aromatic ring is 1. The molecule has 0 unspecified atom stereocenters. The molecule has 17 heavy (non-hydrogen) atoms. The van der Waals surface area contributed by atoms with Crippen molar-refractivity contribution in [1.29, 1.82) is 0 Å². The third-order valence-electron chi connectivity index (χ3n) is 1.97. The highest BCUT2D eigenvalue weighted by Crippen LogP contribution is 2.14. The number of aromatic amines is 1. The molecule has 1 aromatic carbocycles. The minimum Gasteiger partial charge on any atom is -0.380 e. The molecule has 0 aliphatic heterocycles. The lowest BCUT2D eigenvalue weighted by atomic mass is 10.3. The van der Waals surface area contributed by atoms with E-state index in [0.717, 1.165) is 12.1 Å². The van der Waals surface area contributed by atoms with Crippen LogP contribution in [-0.4, -0.2) is 21.3 Å². The summed E-state index contributed by atoms with van der Waals surface area (Å²) in [5.41, 5.74) is 5.33. The first-order valence-corrected chi connectivity index (χ1v) is 4.50. The van der Waals surface area contributed by atoms with Crippen molar-refractivity contribution in [3.8, 4) is 0 Å². The molecule has 0 saturated carbocycles. The maximum atomic E-state index is 12.9. The second kappa shape index (κ2) is 4.16. The Bertz CT molecular complexity index is 568. The van der Waals surface area contributed by atoms with Gasteiger partial charge in [0, 0.05) is 11.8 Å². The molecular formula is C9H7F2N5O. The molecule has 0 atom stereocenters. The Balaban J connectivity index is 2.19. The fraction of sp³-hybridized carbons (Fsp3) is 0. The minimum absolute atomic E-state index is 0.0786. The van der Waals surface area contributed by atoms with Gasteiger partial charge >= 0.3 is 0 Å². The molecule has 0 bridgehead atoms. The lowest BCUT2D eigenvalue weighted by molar-refractivity contribution is 0.102. The van der Waals surface area contributed by atoms with Crippen molar-refractivity contribution in [2.24, 2.45) is 0 Å². The summed E-state index contributed by atoms with van der Waals surface area (Å²) in [7, 11) is 0. The van der Waals surface area contributed by atoms with E-state index in [4.69, 9.17) is 5.73 Å². The van der Waals surface area contributed by atoms with Gasteiger partial charge < -0.3 is 11.1 Å². The van der Waals surface area contributed by atoms with Gasteiger partial charge in [-0.15, -0.1) is 10.2 Å². The molecule has 1 heterocycles. The third kappa shape index (κ3) is 2.19. The number of H-pyrrole nitrogens is 1. The van der Waals surface area contributed by atoms with Crippen LogP contribution in [0.3, 0.4) is 0 Å². The van der Waals surface area contributed by atoms with Gasteiger partial charge in [-0.1, -0.05) is 0 Å². The van der Waals surface area contributed by atoms with Gasteiger partial charge in [-0.05, 0) is 12.1 Å². The Morgan fingerprint density at radius 3 is 2.65 bits per heavy atom. The molecule has 0 spiro atoms. The number of halogens is 2. The number of carbonyl (C=O) groups is 1. The van der Waals surface area contributed by atoms with Crippen molar-refractivity contribution < 1.29 is 13.6 Å². The fourth-order valence-corrected chi connectivity index (χ4v) is 1.17. The van der Waals surface area contributed by atoms with Crippen molar-refractivity contribution in [1.82, 2.24) is 15.4 Å². The largest absolute Gasteiger partial charge is 0.380 e. The first-order chi connectivity index (χ1) is 8.08. The van der Waals surface area contributed by atoms with Crippen LogP contribution in [-0.2, 0) is 0 Å². The number of rotatable bonds is 2. The number of benzene rings is 1. The van der Waals surface area contributed by atoms with E-state index in [1.165, 1.54) is 6.07 Å². The monoisotopic (exact) mass is 239 g/mol. The third-order valence-corrected chi connectivity index (χ3v) is 1.97. The summed E-state index contributed by atoms with van der Waals surface area (Å²) in [6, 6.07) is 2.97. The van der Waals surface area contributed by atoms with Gasteiger partial charge in [0.15, 0.2) is 23.1 Å². The van der Waals surface area contributed by atoms with E-state index in [2.05, 4.69) is 20.7 Å². The molecule has 0 aliphatic carbocycles. The Hall–Kier alpha value is -2.51. The normalized spacial score (nSPS) is 10.2. The second-order valence-electron chi connectivity index (χ2n) is 3.14. The zero-order valence-electron chi connectivity index (χ0n) is 8.37. The van der Waals surface area contributed by atoms with E-state index in [0.29, 0.717) is 0 Å². The van der Waals surface area contributed by atoms with E-state index < -0.39 is 17.5 Å². The van der Waals surface area contributed by atoms with E-state index in [1.807, 2.05) is 0 Å². The lowest BCUT2D eigenvalue weighted by Crippen LogP contribution is -2.14. The van der Waals surface area contributed by atoms with Gasteiger partial charge in [-0.25, -0.2) is 8.78 Å². The summed E-state index contributed by atoms with van der Waals surface area (Å²) in [4.78, 5) is 11.6. The van der Waals surface area contributed by atoms with Gasteiger partial charge in [0.1, 0.15) is 0 Å². The zero-order valence-corrected chi connectivity index (χ0v) is 8.37. The number of hydrogen-bond donors (Lipinski definition) is 3. The quantitative estimate of drug-likeness (QED) is 0.725. The highest BCUT2D eigenvalue weighted by atomic mass is 19.2. The van der Waals surface area contributed by atoms with Gasteiger partial charge in [0.25, 0.3) is 5.91 Å². The summed E-state index contributed by atoms with van der Waals surface area (Å²) in [6.45, 7) is 0. The summed E-state index contributed by atoms with van der Waals surface area (Å²) in [6.07, 6.45) is 0. The molecule has 0 fully saturated rings. The molecule has 1 amide bonds. The van der Waals surface area contributed by atoms with Crippen molar-refractivity contribution in [2.45, 2.75) is 0 Å². The van der Waals surface area contributed by atoms with Crippen LogP contribution in [0.5, 0.6) is 0 Å². The van der Waals surface area contributed by atoms with Crippen LogP contribution in [0.25, 0.3) is 0 Å². The predicted molar refractivity (Wildman–Crippen MR) is 55.1 cm³/mol. The Kier molecular flexibility index (Phi) is 2.69. The standard InChI is InChI=1S/C9H7F2N5O/c10-5-2-1-4(3-6(5)11)13-9(17)7-8(12)15-16-14-7/h1-3H,(H,13,17)(H3,12,14,15,16). The number of nitrogens with two attached hydrogens (primary N) is 1. The van der Waals surface area contributed by atoms with Crippen LogP contribution in [0.2, 0.25) is 0 Å². The van der Waals surface area contributed by atoms with Crippen LogP contribution in [0, 0.1) is 11.6 Å². The van der Waals surface area contributed by atoms with Crippen LogP contribution in [0.1, 0.15) is 10.5 Å². The van der Waals surface area contributed by atoms with Crippen LogP contribution < -0.4 is 11.1 Å². The first-order valence-electron chi connectivity index (χ1n) is 4.50. The first kappa shape index (κ1) is 11.0. The SMILES string of the molecule is Nc1n[nH]nc1C(=O)Nc1ccc(F)c(F)c1. The molecule has 2 rings (SSSR count). The van der Waals surface area contributed by atoms with Crippen LogP contribution in [0.4, 0.5) is 20.3 Å². The van der Waals surface area contributed by atoms with E-state index in [1.54, 1.807) is 0 Å². The predicted octanol–water partition coefficient (Wildman–Crippen LogP) is 0.917. The van der Waals surface area contributed by atoms with Gasteiger partial charge in [-0.3, -0.25) is 4.79 Å². The Morgan fingerprint density at radius 1 is 1.29 bits per heavy atom. The number of amides is 1. The van der Waals surface area contributed by atoms with Crippen molar-refractivity contribution >= 4 is 17.4 Å². The molecule has 8 heteroatoms. The Morgan fingerprint density at radius 2 is 2.06 bits per heavy atom. The summed E-state index contributed by atoms with van der Waals surface area (Å²) in [5.74, 6) is -2.80. The Labute approximate surface area is 93.8 Å². The highest BCUT2D eigenvalue weighted by molar-refractivity contribution is 6.05. The van der Waals surface area contributed by atoms with Gasteiger partial charge in [0.05, 0.1) is 0 Å². The van der Waals surface area contributed by atoms with E-state index in [9.17, 15) is 13.6 Å². The molecule has 1 aromatic heterocycles. The summed E-state index contributed by atoms with van der Waals surface area (Å²) >= 11 is 0. The van der Waals surface area contributed by atoms with E-state index in [-0.39, 0.29) is 17.2 Å². The average Bonchev–Trinajstić information content (AvgIpc) is 2.70. The molecule has 88 valence electrons. The van der Waals surface area contributed by atoms with Crippen molar-refractivity contribution in [3.05, 3.63) is 35.5 Å². The summed E-state index contributed by atoms with van der Waals surface area (Å²) in [5, 5.41) is 11.4. The smallest absolute Gasteiger partial charge is 0.280 e. The van der Waals surface area contributed by atoms with Crippen molar-refractivity contribution in [2.75, 3.05) is 11.1 Å². The molecule has 0 radical (unpaired) electrons.